The molecule has 7 rings (SSSR count). The summed E-state index contributed by atoms with van der Waals surface area (Å²) in [6.07, 6.45) is 4.47. The Hall–Kier alpha value is -4.12. The van der Waals surface area contributed by atoms with Gasteiger partial charge in [0.05, 0.1) is 37.5 Å². The minimum absolute atomic E-state index is 0.0529. The third-order valence-electron chi connectivity index (χ3n) is 10.4. The number of pyridine rings is 1. The van der Waals surface area contributed by atoms with Gasteiger partial charge in [0.25, 0.3) is 5.91 Å². The maximum Gasteiger partial charge on any atom is 0.255 e. The largest absolute Gasteiger partial charge is 0.383 e. The highest BCUT2D eigenvalue weighted by molar-refractivity contribution is 5.99. The van der Waals surface area contributed by atoms with Crippen molar-refractivity contribution < 1.29 is 14.3 Å². The molecule has 0 unspecified atom stereocenters. The van der Waals surface area contributed by atoms with E-state index < -0.39 is 0 Å². The van der Waals surface area contributed by atoms with Gasteiger partial charge in [0.15, 0.2) is 0 Å². The number of rotatable bonds is 11. The van der Waals surface area contributed by atoms with E-state index in [1.54, 1.807) is 6.20 Å². The molecule has 3 aliphatic rings. The molecule has 4 aromatic rings. The summed E-state index contributed by atoms with van der Waals surface area (Å²) in [4.78, 5) is 25.2. The van der Waals surface area contributed by atoms with E-state index in [-0.39, 0.29) is 23.9 Å². The maximum atomic E-state index is 13.5. The van der Waals surface area contributed by atoms with E-state index in [1.165, 1.54) is 22.3 Å². The summed E-state index contributed by atoms with van der Waals surface area (Å²) in [7, 11) is 2.19. The zero-order valence-corrected chi connectivity index (χ0v) is 29.2. The summed E-state index contributed by atoms with van der Waals surface area (Å²) in [5.74, 6) is 0.0237. The minimum Gasteiger partial charge on any atom is -0.383 e. The standard InChI is InChI=1S/C41H50N6O3/c1-45-17-19-46(20-18-45)27-30-5-11-33(12-6-30)34-15-9-32(10-16-34)29-50-39-4-2-3-38(39)44-41(48)37-25-36(26-43-40(37)42)35-13-7-31(8-14-35)28-47-21-23-49-24-22-47/h5-16,25-26,38-39H,2-4,17-24,27-29H2,1H3,(H2,42,43)(H,44,48)/t38-,39-/m0/s1. The first-order chi connectivity index (χ1) is 24.5. The van der Waals surface area contributed by atoms with Crippen molar-refractivity contribution in [3.63, 3.8) is 0 Å². The van der Waals surface area contributed by atoms with E-state index in [0.717, 1.165) is 102 Å². The van der Waals surface area contributed by atoms with Crippen LogP contribution in [-0.4, -0.2) is 97.3 Å². The number of carbonyl (C=O) groups excluding carboxylic acids is 1. The maximum absolute atomic E-state index is 13.5. The summed E-state index contributed by atoms with van der Waals surface area (Å²) in [5, 5.41) is 3.21. The van der Waals surface area contributed by atoms with Crippen LogP contribution in [0.2, 0.25) is 0 Å². The Bertz CT molecular complexity index is 1700. The number of nitrogens with zero attached hydrogens (tertiary/aromatic N) is 4. The molecule has 2 atom stereocenters. The number of nitrogen functional groups attached to an aromatic ring is 1. The van der Waals surface area contributed by atoms with Crippen molar-refractivity contribution in [1.82, 2.24) is 25.0 Å². The van der Waals surface area contributed by atoms with Crippen molar-refractivity contribution in [2.24, 2.45) is 0 Å². The van der Waals surface area contributed by atoms with Gasteiger partial charge >= 0.3 is 0 Å². The van der Waals surface area contributed by atoms with Crippen LogP contribution in [0.3, 0.4) is 0 Å². The molecular weight excluding hydrogens is 624 g/mol. The van der Waals surface area contributed by atoms with Crippen molar-refractivity contribution in [2.75, 3.05) is 65.3 Å². The van der Waals surface area contributed by atoms with Crippen LogP contribution in [0.15, 0.2) is 85.1 Å². The Labute approximate surface area is 296 Å². The minimum atomic E-state index is -0.208. The molecule has 262 valence electrons. The van der Waals surface area contributed by atoms with Crippen molar-refractivity contribution in [1.29, 1.82) is 0 Å². The highest BCUT2D eigenvalue weighted by atomic mass is 16.5. The van der Waals surface area contributed by atoms with E-state index in [9.17, 15) is 4.79 Å². The number of anilines is 1. The molecule has 3 N–H and O–H groups in total. The van der Waals surface area contributed by atoms with Crippen LogP contribution in [0.4, 0.5) is 5.82 Å². The molecule has 0 spiro atoms. The van der Waals surface area contributed by atoms with Crippen LogP contribution < -0.4 is 11.1 Å². The van der Waals surface area contributed by atoms with Gasteiger partial charge in [-0.3, -0.25) is 14.6 Å². The van der Waals surface area contributed by atoms with Gasteiger partial charge in [-0.25, -0.2) is 4.98 Å². The number of benzene rings is 3. The number of morpholine rings is 1. The normalized spacial score (nSPS) is 20.6. The number of ether oxygens (including phenoxy) is 2. The topological polar surface area (TPSA) is 96.2 Å². The van der Waals surface area contributed by atoms with Crippen LogP contribution in [-0.2, 0) is 29.2 Å². The summed E-state index contributed by atoms with van der Waals surface area (Å²) >= 11 is 0. The van der Waals surface area contributed by atoms with Gasteiger partial charge in [0.1, 0.15) is 5.82 Å². The zero-order valence-electron chi connectivity index (χ0n) is 29.2. The molecule has 0 bridgehead atoms. The van der Waals surface area contributed by atoms with Crippen LogP contribution in [0, 0.1) is 0 Å². The molecule has 0 radical (unpaired) electrons. The lowest BCUT2D eigenvalue weighted by Crippen LogP contribution is -2.43. The molecule has 1 saturated carbocycles. The second-order valence-corrected chi connectivity index (χ2v) is 14.1. The quantitative estimate of drug-likeness (QED) is 0.217. The van der Waals surface area contributed by atoms with Crippen LogP contribution >= 0.6 is 0 Å². The number of piperazine rings is 1. The molecule has 2 saturated heterocycles. The predicted octanol–water partition coefficient (Wildman–Crippen LogP) is 5.45. The monoisotopic (exact) mass is 674 g/mol. The highest BCUT2D eigenvalue weighted by Gasteiger charge is 2.30. The first-order valence-corrected chi connectivity index (χ1v) is 18.1. The Morgan fingerprint density at radius 3 is 1.96 bits per heavy atom. The lowest BCUT2D eigenvalue weighted by atomic mass is 10.0. The molecule has 3 aromatic carbocycles. The second kappa shape index (κ2) is 16.3. The average molecular weight is 675 g/mol. The SMILES string of the molecule is CN1CCN(Cc2ccc(-c3ccc(CO[C@H]4CCC[C@@H]4NC(=O)c4cc(-c5ccc(CN6CCOCC6)cc5)cnc4N)cc3)cc2)CC1. The van der Waals surface area contributed by atoms with E-state index in [2.05, 4.69) is 105 Å². The van der Waals surface area contributed by atoms with Gasteiger partial charge in [0.2, 0.25) is 0 Å². The van der Waals surface area contributed by atoms with Gasteiger partial charge in [0, 0.05) is 64.1 Å². The number of likely N-dealkylation sites (N-methyl/N-ethyl adjacent to an activating group) is 1. The van der Waals surface area contributed by atoms with Gasteiger partial charge < -0.3 is 25.4 Å². The van der Waals surface area contributed by atoms with Crippen molar-refractivity contribution in [2.45, 2.75) is 51.1 Å². The van der Waals surface area contributed by atoms with E-state index >= 15 is 0 Å². The Morgan fingerprint density at radius 1 is 0.780 bits per heavy atom. The fourth-order valence-electron chi connectivity index (χ4n) is 7.24. The summed E-state index contributed by atoms with van der Waals surface area (Å²) < 4.78 is 11.9. The van der Waals surface area contributed by atoms with Gasteiger partial charge in [-0.1, -0.05) is 72.8 Å². The van der Waals surface area contributed by atoms with Crippen molar-refractivity contribution in [3.8, 4) is 22.3 Å². The first kappa shape index (κ1) is 34.3. The van der Waals surface area contributed by atoms with Crippen LogP contribution in [0.5, 0.6) is 0 Å². The van der Waals surface area contributed by atoms with E-state index in [0.29, 0.717) is 12.2 Å². The molecule has 1 aliphatic carbocycles. The molecular formula is C41H50N6O3. The molecule has 50 heavy (non-hydrogen) atoms. The van der Waals surface area contributed by atoms with Crippen molar-refractivity contribution >= 4 is 11.7 Å². The number of nitrogens with one attached hydrogen (secondary N) is 1. The highest BCUT2D eigenvalue weighted by Crippen LogP contribution is 2.27. The van der Waals surface area contributed by atoms with Gasteiger partial charge in [-0.2, -0.15) is 0 Å². The average Bonchev–Trinajstić information content (AvgIpc) is 3.60. The van der Waals surface area contributed by atoms with E-state index in [4.69, 9.17) is 15.2 Å². The Balaban J connectivity index is 0.911. The van der Waals surface area contributed by atoms with Gasteiger partial charge in [-0.05, 0) is 65.8 Å². The zero-order chi connectivity index (χ0) is 34.3. The second-order valence-electron chi connectivity index (χ2n) is 14.1. The van der Waals surface area contributed by atoms with Crippen LogP contribution in [0.25, 0.3) is 22.3 Å². The number of aromatic nitrogens is 1. The Morgan fingerprint density at radius 2 is 1.34 bits per heavy atom. The third-order valence-corrected chi connectivity index (χ3v) is 10.4. The molecule has 2 aliphatic heterocycles. The predicted molar refractivity (Wildman–Crippen MR) is 199 cm³/mol. The molecule has 1 aromatic heterocycles. The smallest absolute Gasteiger partial charge is 0.255 e. The number of carbonyl (C=O) groups is 1. The fourth-order valence-corrected chi connectivity index (χ4v) is 7.24. The molecule has 9 heteroatoms. The fraction of sp³-hybridized carbons (Fsp3) is 0.415. The number of amides is 1. The first-order valence-electron chi connectivity index (χ1n) is 18.1. The third kappa shape index (κ3) is 8.78. The van der Waals surface area contributed by atoms with Crippen LogP contribution in [0.1, 0.15) is 46.3 Å². The summed E-state index contributed by atoms with van der Waals surface area (Å²) in [6.45, 7) is 10.4. The molecule has 3 fully saturated rings. The molecule has 3 heterocycles. The van der Waals surface area contributed by atoms with Gasteiger partial charge in [-0.15, -0.1) is 0 Å². The molecule has 9 nitrogen and oxygen atoms in total. The molecule has 1 amide bonds. The summed E-state index contributed by atoms with van der Waals surface area (Å²) in [6, 6.07) is 27.8. The van der Waals surface area contributed by atoms with Crippen molar-refractivity contribution in [3.05, 3.63) is 107 Å². The number of nitrogens with two attached hydrogens (primary N) is 1. The van der Waals surface area contributed by atoms with E-state index in [1.807, 2.05) is 6.07 Å². The lowest BCUT2D eigenvalue weighted by molar-refractivity contribution is 0.0272. The number of hydrogen-bond donors (Lipinski definition) is 2. The lowest BCUT2D eigenvalue weighted by Gasteiger charge is -2.32. The number of hydrogen-bond acceptors (Lipinski definition) is 8. The summed E-state index contributed by atoms with van der Waals surface area (Å²) in [5.41, 5.74) is 14.6. The Kier molecular flexibility index (Phi) is 11.2.